The zero-order chi connectivity index (χ0) is 22.3. The molecule has 5 heteroatoms. The van der Waals surface area contributed by atoms with Crippen LogP contribution >= 0.6 is 0 Å². The highest BCUT2D eigenvalue weighted by molar-refractivity contribution is 6.00. The van der Waals surface area contributed by atoms with Crippen LogP contribution in [0.1, 0.15) is 75.1 Å². The summed E-state index contributed by atoms with van der Waals surface area (Å²) in [6, 6.07) is 10.6. The first-order valence-corrected chi connectivity index (χ1v) is 12.1. The van der Waals surface area contributed by atoms with E-state index < -0.39 is 0 Å². The third-order valence-electron chi connectivity index (χ3n) is 7.92. The average molecular weight is 435 g/mol. The minimum atomic E-state index is -0.358. The predicted molar refractivity (Wildman–Crippen MR) is 127 cm³/mol. The summed E-state index contributed by atoms with van der Waals surface area (Å²) in [7, 11) is 0. The number of carbonyl (C=O) groups excluding carboxylic acids is 1. The van der Waals surface area contributed by atoms with Crippen LogP contribution in [0.25, 0.3) is 0 Å². The van der Waals surface area contributed by atoms with Gasteiger partial charge in [-0.05, 0) is 74.5 Å². The molecule has 1 heterocycles. The molecule has 4 N–H and O–H groups in total. The van der Waals surface area contributed by atoms with Crippen LogP contribution < -0.4 is 20.9 Å². The molecule has 2 aliphatic carbocycles. The van der Waals surface area contributed by atoms with Gasteiger partial charge in [0.15, 0.2) is 5.78 Å². The number of benzene rings is 2. The Balaban J connectivity index is 1.29. The largest absolute Gasteiger partial charge is 0.486 e. The summed E-state index contributed by atoms with van der Waals surface area (Å²) in [6.07, 6.45) is 10.2. The Morgan fingerprint density at radius 1 is 0.875 bits per heavy atom. The molecule has 0 radical (unpaired) electrons. The molecular weight excluding hydrogens is 400 g/mol. The summed E-state index contributed by atoms with van der Waals surface area (Å²) in [6.45, 7) is 2.38. The highest BCUT2D eigenvalue weighted by atomic mass is 16.5. The van der Waals surface area contributed by atoms with Gasteiger partial charge in [0, 0.05) is 29.6 Å². The molecule has 1 aliphatic heterocycles. The van der Waals surface area contributed by atoms with Crippen molar-refractivity contribution in [3.05, 3.63) is 42.0 Å². The van der Waals surface area contributed by atoms with Crippen LogP contribution in [0.15, 0.2) is 36.4 Å². The third kappa shape index (κ3) is 4.30. The lowest BCUT2D eigenvalue weighted by Gasteiger charge is -2.45. The first-order valence-electron chi connectivity index (χ1n) is 12.1. The van der Waals surface area contributed by atoms with E-state index in [4.69, 9.17) is 20.9 Å². The Bertz CT molecular complexity index is 982. The number of ketones is 1. The molecule has 0 amide bonds. The molecule has 0 unspecified atom stereocenters. The fraction of sp³-hybridized carbons (Fsp3) is 0.519. The Morgan fingerprint density at radius 3 is 2.22 bits per heavy atom. The van der Waals surface area contributed by atoms with E-state index in [9.17, 15) is 4.79 Å². The molecule has 3 aliphatic rings. The first kappa shape index (κ1) is 21.2. The Kier molecular flexibility index (Phi) is 5.52. The van der Waals surface area contributed by atoms with E-state index >= 15 is 0 Å². The van der Waals surface area contributed by atoms with Gasteiger partial charge in [-0.15, -0.1) is 0 Å². The molecular formula is C27H34N2O3. The van der Waals surface area contributed by atoms with Crippen molar-refractivity contribution >= 4 is 17.2 Å². The van der Waals surface area contributed by atoms with Crippen molar-refractivity contribution in [2.24, 2.45) is 17.8 Å². The maximum Gasteiger partial charge on any atom is 0.170 e. The Morgan fingerprint density at radius 2 is 1.53 bits per heavy atom. The number of anilines is 2. The number of rotatable bonds is 3. The third-order valence-corrected chi connectivity index (χ3v) is 7.92. The molecule has 5 nitrogen and oxygen atoms in total. The van der Waals surface area contributed by atoms with E-state index in [1.807, 2.05) is 12.1 Å². The number of ether oxygens (including phenoxy) is 2. The van der Waals surface area contributed by atoms with Crippen molar-refractivity contribution in [3.63, 3.8) is 0 Å². The summed E-state index contributed by atoms with van der Waals surface area (Å²) in [4.78, 5) is 13.0. The number of hydrogen-bond acceptors (Lipinski definition) is 5. The van der Waals surface area contributed by atoms with Crippen LogP contribution in [0.4, 0.5) is 11.4 Å². The monoisotopic (exact) mass is 434 g/mol. The van der Waals surface area contributed by atoms with Crippen molar-refractivity contribution in [2.75, 3.05) is 11.5 Å². The molecule has 2 fully saturated rings. The smallest absolute Gasteiger partial charge is 0.170 e. The highest BCUT2D eigenvalue weighted by Crippen LogP contribution is 2.48. The number of carbonyl (C=O) groups is 1. The maximum absolute atomic E-state index is 13.0. The minimum Gasteiger partial charge on any atom is -0.486 e. The van der Waals surface area contributed by atoms with Crippen LogP contribution in [0.5, 0.6) is 17.2 Å². The lowest BCUT2D eigenvalue weighted by atomic mass is 9.67. The topological polar surface area (TPSA) is 87.6 Å². The number of hydrogen-bond donors (Lipinski definition) is 2. The molecule has 0 saturated heterocycles. The van der Waals surface area contributed by atoms with Crippen molar-refractivity contribution in [1.82, 2.24) is 0 Å². The summed E-state index contributed by atoms with van der Waals surface area (Å²) in [5, 5.41) is 0. The molecule has 2 saturated carbocycles. The molecule has 0 bridgehead atoms. The van der Waals surface area contributed by atoms with E-state index in [0.717, 1.165) is 30.6 Å². The van der Waals surface area contributed by atoms with Gasteiger partial charge in [-0.25, -0.2) is 0 Å². The van der Waals surface area contributed by atoms with E-state index in [-0.39, 0.29) is 11.4 Å². The van der Waals surface area contributed by atoms with Gasteiger partial charge in [-0.3, -0.25) is 4.79 Å². The fourth-order valence-corrected chi connectivity index (χ4v) is 6.05. The second kappa shape index (κ2) is 8.34. The van der Waals surface area contributed by atoms with Crippen LogP contribution in [-0.4, -0.2) is 11.4 Å². The SMILES string of the molecule is CC1CCC(C2CCC3(CC2)CC(=O)c2ccc(Oc4cc(N)cc(N)c4)cc2O3)CC1. The van der Waals surface area contributed by atoms with E-state index in [1.54, 1.807) is 24.3 Å². The van der Waals surface area contributed by atoms with Gasteiger partial charge in [0.05, 0.1) is 12.0 Å². The van der Waals surface area contributed by atoms with Gasteiger partial charge < -0.3 is 20.9 Å². The lowest BCUT2D eigenvalue weighted by Crippen LogP contribution is -2.45. The zero-order valence-electron chi connectivity index (χ0n) is 18.9. The van der Waals surface area contributed by atoms with Crippen LogP contribution in [0.2, 0.25) is 0 Å². The van der Waals surface area contributed by atoms with Gasteiger partial charge in [0.1, 0.15) is 22.8 Å². The second-order valence-corrected chi connectivity index (χ2v) is 10.3. The maximum atomic E-state index is 13.0. The number of Topliss-reactive ketones (excluding diaryl/α,β-unsaturated/α-hetero) is 1. The standard InChI is InChI=1S/C27H34N2O3/c1-17-2-4-18(5-3-17)19-8-10-27(11-9-19)16-25(30)24-7-6-22(15-26(24)32-27)31-23-13-20(28)12-21(29)14-23/h6-7,12-15,17-19H,2-5,8-11,16,28-29H2,1H3. The minimum absolute atomic E-state index is 0.177. The van der Waals surface area contributed by atoms with Crippen molar-refractivity contribution in [3.8, 4) is 17.2 Å². The highest BCUT2D eigenvalue weighted by Gasteiger charge is 2.44. The predicted octanol–water partition coefficient (Wildman–Crippen LogP) is 6.36. The summed E-state index contributed by atoms with van der Waals surface area (Å²) < 4.78 is 12.5. The van der Waals surface area contributed by atoms with Gasteiger partial charge in [0.2, 0.25) is 0 Å². The number of fused-ring (bicyclic) bond motifs is 1. The Hall–Kier alpha value is -2.69. The fourth-order valence-electron chi connectivity index (χ4n) is 6.05. The van der Waals surface area contributed by atoms with E-state index in [1.165, 1.54) is 38.5 Å². The molecule has 0 atom stereocenters. The van der Waals surface area contributed by atoms with Gasteiger partial charge >= 0.3 is 0 Å². The van der Waals surface area contributed by atoms with Gasteiger partial charge in [-0.1, -0.05) is 19.8 Å². The summed E-state index contributed by atoms with van der Waals surface area (Å²) >= 11 is 0. The molecule has 170 valence electrons. The number of nitrogen functional groups attached to an aromatic ring is 2. The van der Waals surface area contributed by atoms with Crippen molar-refractivity contribution in [2.45, 2.75) is 70.3 Å². The molecule has 2 aromatic rings. The van der Waals surface area contributed by atoms with Crippen molar-refractivity contribution < 1.29 is 14.3 Å². The van der Waals surface area contributed by atoms with Crippen molar-refractivity contribution in [1.29, 1.82) is 0 Å². The average Bonchev–Trinajstić information content (AvgIpc) is 2.74. The quantitative estimate of drug-likeness (QED) is 0.549. The van der Waals surface area contributed by atoms with E-state index in [2.05, 4.69) is 6.92 Å². The zero-order valence-corrected chi connectivity index (χ0v) is 18.9. The van der Waals surface area contributed by atoms with Gasteiger partial charge in [0.25, 0.3) is 0 Å². The van der Waals surface area contributed by atoms with Crippen LogP contribution in [0, 0.1) is 17.8 Å². The van der Waals surface area contributed by atoms with Crippen LogP contribution in [-0.2, 0) is 0 Å². The summed E-state index contributed by atoms with van der Waals surface area (Å²) in [5.41, 5.74) is 13.1. The van der Waals surface area contributed by atoms with E-state index in [0.29, 0.717) is 40.6 Å². The normalized spacial score (nSPS) is 29.9. The second-order valence-electron chi connectivity index (χ2n) is 10.3. The van der Waals surface area contributed by atoms with Crippen LogP contribution in [0.3, 0.4) is 0 Å². The molecule has 5 rings (SSSR count). The first-order chi connectivity index (χ1) is 15.4. The Labute approximate surface area is 190 Å². The molecule has 32 heavy (non-hydrogen) atoms. The number of nitrogens with two attached hydrogens (primary N) is 2. The molecule has 0 aromatic heterocycles. The molecule has 2 aromatic carbocycles. The lowest BCUT2D eigenvalue weighted by molar-refractivity contribution is -0.00912. The summed E-state index contributed by atoms with van der Waals surface area (Å²) in [5.74, 6) is 4.54. The van der Waals surface area contributed by atoms with Gasteiger partial charge in [-0.2, -0.15) is 0 Å². The molecule has 1 spiro atoms.